The maximum Gasteiger partial charge on any atom is 0.150 e. The van der Waals surface area contributed by atoms with Gasteiger partial charge in [0.15, 0.2) is 0 Å². The normalized spacial score (nSPS) is 10.4. The number of hydrogen-bond acceptors (Lipinski definition) is 2. The van der Waals surface area contributed by atoms with E-state index in [9.17, 15) is 4.79 Å². The van der Waals surface area contributed by atoms with Gasteiger partial charge < -0.3 is 0 Å². The first-order chi connectivity index (χ1) is 7.61. The highest BCUT2D eigenvalue weighted by atomic mass is 35.5. The molecule has 1 aromatic carbocycles. The monoisotopic (exact) mass is 234 g/mol. The summed E-state index contributed by atoms with van der Waals surface area (Å²) in [6, 6.07) is 7.14. The molecule has 0 aliphatic carbocycles. The average molecular weight is 235 g/mol. The zero-order valence-corrected chi connectivity index (χ0v) is 9.82. The van der Waals surface area contributed by atoms with Gasteiger partial charge in [-0.05, 0) is 38.1 Å². The molecular formula is C12H11ClN2O. The number of aromatic nitrogens is 2. The first-order valence-corrected chi connectivity index (χ1v) is 5.28. The molecule has 1 heterocycles. The van der Waals surface area contributed by atoms with Gasteiger partial charge in [-0.15, -0.1) is 0 Å². The summed E-state index contributed by atoms with van der Waals surface area (Å²) in [5.74, 6) is 0. The molecule has 0 spiro atoms. The highest BCUT2D eigenvalue weighted by molar-refractivity contribution is 6.32. The summed E-state index contributed by atoms with van der Waals surface area (Å²) in [6.07, 6.45) is 0.775. The van der Waals surface area contributed by atoms with Crippen molar-refractivity contribution in [1.29, 1.82) is 0 Å². The highest BCUT2D eigenvalue weighted by Gasteiger charge is 2.08. The molecule has 0 unspecified atom stereocenters. The summed E-state index contributed by atoms with van der Waals surface area (Å²) in [6.45, 7) is 3.89. The minimum Gasteiger partial charge on any atom is -0.298 e. The van der Waals surface area contributed by atoms with Crippen LogP contribution in [0, 0.1) is 13.8 Å². The number of carbonyl (C=O) groups excluding carboxylic acids is 1. The quantitative estimate of drug-likeness (QED) is 0.749. The Morgan fingerprint density at radius 1 is 1.31 bits per heavy atom. The summed E-state index contributed by atoms with van der Waals surface area (Å²) in [7, 11) is 0. The maximum atomic E-state index is 10.6. The Morgan fingerprint density at radius 2 is 2.06 bits per heavy atom. The molecule has 3 nitrogen and oxygen atoms in total. The number of aldehydes is 1. The third-order valence-corrected chi connectivity index (χ3v) is 2.65. The Kier molecular flexibility index (Phi) is 2.79. The lowest BCUT2D eigenvalue weighted by Crippen LogP contribution is -2.00. The second-order valence-electron chi connectivity index (χ2n) is 3.67. The molecule has 0 N–H and O–H groups in total. The minimum atomic E-state index is 0.524. The van der Waals surface area contributed by atoms with Crippen molar-refractivity contribution in [3.8, 4) is 5.69 Å². The predicted octanol–water partition coefficient (Wildman–Crippen LogP) is 2.96. The third kappa shape index (κ3) is 1.86. The van der Waals surface area contributed by atoms with Crippen LogP contribution < -0.4 is 0 Å². The fraction of sp³-hybridized carbons (Fsp3) is 0.167. The van der Waals surface area contributed by atoms with E-state index in [-0.39, 0.29) is 0 Å². The number of halogens is 1. The summed E-state index contributed by atoms with van der Waals surface area (Å²) < 4.78 is 1.77. The third-order valence-electron chi connectivity index (χ3n) is 2.35. The Bertz CT molecular complexity index is 546. The highest BCUT2D eigenvalue weighted by Crippen LogP contribution is 2.22. The van der Waals surface area contributed by atoms with Crippen molar-refractivity contribution in [2.45, 2.75) is 13.8 Å². The molecule has 2 aromatic rings. The van der Waals surface area contributed by atoms with Crippen LogP contribution in [0.5, 0.6) is 0 Å². The molecule has 82 valence electrons. The van der Waals surface area contributed by atoms with Crippen LogP contribution in [0.4, 0.5) is 0 Å². The largest absolute Gasteiger partial charge is 0.298 e. The average Bonchev–Trinajstić information content (AvgIpc) is 2.57. The van der Waals surface area contributed by atoms with E-state index in [0.29, 0.717) is 10.6 Å². The van der Waals surface area contributed by atoms with E-state index >= 15 is 0 Å². The van der Waals surface area contributed by atoms with Crippen LogP contribution in [-0.4, -0.2) is 16.1 Å². The van der Waals surface area contributed by atoms with Gasteiger partial charge in [0, 0.05) is 11.3 Å². The van der Waals surface area contributed by atoms with Gasteiger partial charge in [-0.2, -0.15) is 5.10 Å². The van der Waals surface area contributed by atoms with E-state index in [1.807, 2.05) is 19.9 Å². The molecule has 1 aromatic heterocycles. The van der Waals surface area contributed by atoms with Crippen molar-refractivity contribution >= 4 is 17.9 Å². The number of aryl methyl sites for hydroxylation is 2. The fourth-order valence-electron chi connectivity index (χ4n) is 1.64. The standard InChI is InChI=1S/C12H11ClN2O/c1-8-5-9(2)15(14-8)12-4-3-10(7-16)6-11(12)13/h3-7H,1-2H3. The SMILES string of the molecule is Cc1cc(C)n(-c2ccc(C=O)cc2Cl)n1. The Balaban J connectivity index is 2.56. The van der Waals surface area contributed by atoms with Gasteiger partial charge in [-0.25, -0.2) is 4.68 Å². The molecule has 16 heavy (non-hydrogen) atoms. The number of nitrogens with zero attached hydrogens (tertiary/aromatic N) is 2. The second-order valence-corrected chi connectivity index (χ2v) is 4.07. The van der Waals surface area contributed by atoms with Crippen molar-refractivity contribution in [2.75, 3.05) is 0 Å². The van der Waals surface area contributed by atoms with E-state index < -0.39 is 0 Å². The lowest BCUT2D eigenvalue weighted by Gasteiger charge is -2.06. The summed E-state index contributed by atoms with van der Waals surface area (Å²) in [4.78, 5) is 10.6. The number of carbonyl (C=O) groups is 1. The predicted molar refractivity (Wildman–Crippen MR) is 63.4 cm³/mol. The van der Waals surface area contributed by atoms with Crippen molar-refractivity contribution in [3.05, 3.63) is 46.2 Å². The molecule has 0 saturated carbocycles. The first kappa shape index (κ1) is 10.9. The maximum absolute atomic E-state index is 10.6. The first-order valence-electron chi connectivity index (χ1n) is 4.90. The van der Waals surface area contributed by atoms with Crippen LogP contribution in [0.3, 0.4) is 0 Å². The van der Waals surface area contributed by atoms with Gasteiger partial charge in [0.25, 0.3) is 0 Å². The number of benzene rings is 1. The van der Waals surface area contributed by atoms with Crippen LogP contribution in [0.1, 0.15) is 21.7 Å². The van der Waals surface area contributed by atoms with Crippen LogP contribution in [-0.2, 0) is 0 Å². The van der Waals surface area contributed by atoms with Gasteiger partial charge >= 0.3 is 0 Å². The zero-order valence-electron chi connectivity index (χ0n) is 9.07. The molecule has 2 rings (SSSR count). The van der Waals surface area contributed by atoms with Crippen molar-refractivity contribution < 1.29 is 4.79 Å². The molecular weight excluding hydrogens is 224 g/mol. The summed E-state index contributed by atoms with van der Waals surface area (Å²) >= 11 is 6.10. The minimum absolute atomic E-state index is 0.524. The lowest BCUT2D eigenvalue weighted by molar-refractivity contribution is 0.112. The number of hydrogen-bond donors (Lipinski definition) is 0. The Morgan fingerprint density at radius 3 is 2.56 bits per heavy atom. The second kappa shape index (κ2) is 4.10. The molecule has 0 atom stereocenters. The molecule has 4 heteroatoms. The zero-order chi connectivity index (χ0) is 11.7. The van der Waals surface area contributed by atoms with E-state index in [1.165, 1.54) is 0 Å². The molecule has 0 saturated heterocycles. The van der Waals surface area contributed by atoms with Crippen molar-refractivity contribution in [1.82, 2.24) is 9.78 Å². The molecule has 0 aliphatic heterocycles. The fourth-order valence-corrected chi connectivity index (χ4v) is 1.91. The smallest absolute Gasteiger partial charge is 0.150 e. The Hall–Kier alpha value is -1.61. The molecule has 0 fully saturated rings. The van der Waals surface area contributed by atoms with Gasteiger partial charge in [-0.1, -0.05) is 11.6 Å². The molecule has 0 aliphatic rings. The van der Waals surface area contributed by atoms with Crippen molar-refractivity contribution in [3.63, 3.8) is 0 Å². The van der Waals surface area contributed by atoms with Crippen LogP contribution in [0.25, 0.3) is 5.69 Å². The van der Waals surface area contributed by atoms with Crippen LogP contribution >= 0.6 is 11.6 Å². The van der Waals surface area contributed by atoms with E-state index in [2.05, 4.69) is 5.10 Å². The summed E-state index contributed by atoms with van der Waals surface area (Å²) in [5.41, 5.74) is 3.31. The topological polar surface area (TPSA) is 34.9 Å². The van der Waals surface area contributed by atoms with Crippen molar-refractivity contribution in [2.24, 2.45) is 0 Å². The van der Waals surface area contributed by atoms with Crippen LogP contribution in [0.2, 0.25) is 5.02 Å². The lowest BCUT2D eigenvalue weighted by atomic mass is 10.2. The summed E-state index contributed by atoms with van der Waals surface area (Å²) in [5, 5.41) is 4.86. The molecule has 0 bridgehead atoms. The molecule has 0 amide bonds. The van der Waals surface area contributed by atoms with Gasteiger partial charge in [0.1, 0.15) is 6.29 Å². The number of rotatable bonds is 2. The van der Waals surface area contributed by atoms with E-state index in [1.54, 1.807) is 22.9 Å². The van der Waals surface area contributed by atoms with Gasteiger partial charge in [-0.3, -0.25) is 4.79 Å². The van der Waals surface area contributed by atoms with E-state index in [0.717, 1.165) is 23.4 Å². The molecule has 0 radical (unpaired) electrons. The van der Waals surface area contributed by atoms with Gasteiger partial charge in [0.2, 0.25) is 0 Å². The van der Waals surface area contributed by atoms with E-state index in [4.69, 9.17) is 11.6 Å². The van der Waals surface area contributed by atoms with Crippen LogP contribution in [0.15, 0.2) is 24.3 Å². The van der Waals surface area contributed by atoms with Gasteiger partial charge in [0.05, 0.1) is 16.4 Å². The Labute approximate surface area is 98.7 Å².